The second-order valence-corrected chi connectivity index (χ2v) is 9.18. The Hall–Kier alpha value is -3.58. The number of anilines is 1. The van der Waals surface area contributed by atoms with Gasteiger partial charge in [0.2, 0.25) is 0 Å². The van der Waals surface area contributed by atoms with E-state index in [1.165, 1.54) is 5.56 Å². The Morgan fingerprint density at radius 1 is 1.06 bits per heavy atom. The van der Waals surface area contributed by atoms with Gasteiger partial charge in [0.15, 0.2) is 5.11 Å². The van der Waals surface area contributed by atoms with Crippen LogP contribution < -0.4 is 25.0 Å². The molecule has 0 aromatic heterocycles. The molecule has 0 atom stereocenters. The lowest BCUT2D eigenvalue weighted by molar-refractivity contribution is 0.111. The average Bonchev–Trinajstić information content (AvgIpc) is 2.81. The number of aryl methyl sites for hydroxylation is 1. The van der Waals surface area contributed by atoms with E-state index in [0.717, 1.165) is 39.8 Å². The zero-order valence-electron chi connectivity index (χ0n) is 19.8. The molecule has 0 spiro atoms. The normalized spacial score (nSPS) is 15.1. The summed E-state index contributed by atoms with van der Waals surface area (Å²) >= 11 is 5.45. The van der Waals surface area contributed by atoms with E-state index in [0.29, 0.717) is 18.1 Å². The number of hydrogen-bond acceptors (Lipinski definition) is 5. The van der Waals surface area contributed by atoms with Crippen molar-refractivity contribution < 1.29 is 14.2 Å². The Bertz CT molecular complexity index is 1220. The van der Waals surface area contributed by atoms with Crippen molar-refractivity contribution in [3.05, 3.63) is 83.4 Å². The minimum atomic E-state index is -0.390. The number of fused-ring (bicyclic) bond motifs is 1. The van der Waals surface area contributed by atoms with Gasteiger partial charge in [-0.15, -0.1) is 0 Å². The number of nitrogens with one attached hydrogen (secondary N) is 2. The highest BCUT2D eigenvalue weighted by Gasteiger charge is 2.31. The van der Waals surface area contributed by atoms with Gasteiger partial charge in [-0.1, -0.05) is 30.3 Å². The van der Waals surface area contributed by atoms with Crippen molar-refractivity contribution in [2.24, 2.45) is 5.10 Å². The summed E-state index contributed by atoms with van der Waals surface area (Å²) in [4.78, 5) is 0. The number of rotatable bonds is 6. The van der Waals surface area contributed by atoms with Crippen LogP contribution in [0, 0.1) is 6.92 Å². The van der Waals surface area contributed by atoms with Crippen LogP contribution in [0.4, 0.5) is 5.69 Å². The van der Waals surface area contributed by atoms with E-state index in [1.807, 2.05) is 68.4 Å². The molecule has 0 fully saturated rings. The summed E-state index contributed by atoms with van der Waals surface area (Å²) in [6, 6.07) is 21.6. The Labute approximate surface area is 205 Å². The summed E-state index contributed by atoms with van der Waals surface area (Å²) in [5.41, 5.74) is 7.49. The number of benzene rings is 3. The summed E-state index contributed by atoms with van der Waals surface area (Å²) in [6.07, 6.45) is 0.621. The third kappa shape index (κ3) is 5.85. The zero-order valence-corrected chi connectivity index (χ0v) is 20.7. The smallest absolute Gasteiger partial charge is 0.191 e. The van der Waals surface area contributed by atoms with Crippen LogP contribution in [0.15, 0.2) is 71.8 Å². The summed E-state index contributed by atoms with van der Waals surface area (Å²) in [6.45, 7) is 6.67. The number of hydrazone groups is 1. The number of nitrogens with zero attached hydrogens (tertiary/aromatic N) is 1. The topological polar surface area (TPSA) is 64.1 Å². The van der Waals surface area contributed by atoms with Gasteiger partial charge < -0.3 is 19.5 Å². The molecular formula is C27H29N3O3S. The number of hydrogen-bond donors (Lipinski definition) is 2. The van der Waals surface area contributed by atoms with Gasteiger partial charge in [-0.3, -0.25) is 5.43 Å². The van der Waals surface area contributed by atoms with Crippen LogP contribution >= 0.6 is 12.2 Å². The van der Waals surface area contributed by atoms with Crippen LogP contribution in [0.3, 0.4) is 0 Å². The fraction of sp³-hybridized carbons (Fsp3) is 0.259. The van der Waals surface area contributed by atoms with Crippen LogP contribution in [0.25, 0.3) is 0 Å². The Morgan fingerprint density at radius 3 is 2.68 bits per heavy atom. The number of methoxy groups -OCH3 is 1. The second kappa shape index (κ2) is 10.1. The summed E-state index contributed by atoms with van der Waals surface area (Å²) in [5, 5.41) is 8.15. The lowest BCUT2D eigenvalue weighted by Crippen LogP contribution is -2.37. The molecule has 1 heterocycles. The molecular weight excluding hydrogens is 446 g/mol. The van der Waals surface area contributed by atoms with Crippen molar-refractivity contribution in [3.8, 4) is 17.2 Å². The second-order valence-electron chi connectivity index (χ2n) is 8.77. The largest absolute Gasteiger partial charge is 0.497 e. The molecule has 0 saturated heterocycles. The van der Waals surface area contributed by atoms with Crippen molar-refractivity contribution in [3.63, 3.8) is 0 Å². The van der Waals surface area contributed by atoms with Crippen LogP contribution in [-0.2, 0) is 6.61 Å². The standard InChI is InChI=1S/C27H29N3O3S/c1-18-8-5-6-9-19(18)17-32-22-12-13-25-23(15-22)24(16-27(2,3)33-25)29-30-26(34)28-20-10-7-11-21(14-20)31-4/h5-15H,16-17H2,1-4H3,(H2,28,30,34). The number of ether oxygens (including phenoxy) is 3. The highest BCUT2D eigenvalue weighted by Crippen LogP contribution is 2.35. The molecule has 4 rings (SSSR count). The van der Waals surface area contributed by atoms with Gasteiger partial charge in [0.1, 0.15) is 29.5 Å². The maximum Gasteiger partial charge on any atom is 0.191 e. The molecule has 176 valence electrons. The van der Waals surface area contributed by atoms with Crippen LogP contribution in [-0.4, -0.2) is 23.5 Å². The predicted octanol–water partition coefficient (Wildman–Crippen LogP) is 5.83. The van der Waals surface area contributed by atoms with E-state index in [-0.39, 0.29) is 5.60 Å². The Morgan fingerprint density at radius 2 is 1.88 bits per heavy atom. The molecule has 0 radical (unpaired) electrons. The highest BCUT2D eigenvalue weighted by atomic mass is 32.1. The van der Waals surface area contributed by atoms with Crippen LogP contribution in [0.2, 0.25) is 0 Å². The molecule has 0 saturated carbocycles. The quantitative estimate of drug-likeness (QED) is 0.345. The van der Waals surface area contributed by atoms with Gasteiger partial charge in [0, 0.05) is 23.7 Å². The molecule has 0 amide bonds. The molecule has 1 aliphatic rings. The molecule has 2 N–H and O–H groups in total. The SMILES string of the molecule is COc1cccc(NC(=S)NN=C2CC(C)(C)Oc3ccc(OCc4ccccc4C)cc32)c1. The molecule has 0 unspecified atom stereocenters. The van der Waals surface area contributed by atoms with Gasteiger partial charge in [-0.05, 0) is 74.4 Å². The van der Waals surface area contributed by atoms with Gasteiger partial charge in [0.05, 0.1) is 12.8 Å². The summed E-state index contributed by atoms with van der Waals surface area (Å²) < 4.78 is 17.5. The van der Waals surface area contributed by atoms with Crippen molar-refractivity contribution in [1.29, 1.82) is 0 Å². The molecule has 3 aromatic rings. The molecule has 3 aromatic carbocycles. The highest BCUT2D eigenvalue weighted by molar-refractivity contribution is 7.80. The van der Waals surface area contributed by atoms with Crippen molar-refractivity contribution in [1.82, 2.24) is 5.43 Å². The first-order valence-electron chi connectivity index (χ1n) is 11.1. The van der Waals surface area contributed by atoms with Crippen LogP contribution in [0.5, 0.6) is 17.2 Å². The van der Waals surface area contributed by atoms with Crippen LogP contribution in [0.1, 0.15) is 37.0 Å². The predicted molar refractivity (Wildman–Crippen MR) is 140 cm³/mol. The fourth-order valence-corrected chi connectivity index (χ4v) is 3.92. The van der Waals surface area contributed by atoms with E-state index in [1.54, 1.807) is 7.11 Å². The molecule has 6 nitrogen and oxygen atoms in total. The molecule has 7 heteroatoms. The molecule has 0 bridgehead atoms. The lowest BCUT2D eigenvalue weighted by atomic mass is 9.92. The molecule has 34 heavy (non-hydrogen) atoms. The summed E-state index contributed by atoms with van der Waals surface area (Å²) in [5.74, 6) is 2.28. The minimum Gasteiger partial charge on any atom is -0.497 e. The molecule has 1 aliphatic heterocycles. The van der Waals surface area contributed by atoms with E-state index < -0.39 is 0 Å². The number of thiocarbonyl (C=S) groups is 1. The third-order valence-electron chi connectivity index (χ3n) is 5.52. The summed E-state index contributed by atoms with van der Waals surface area (Å²) in [7, 11) is 1.63. The van der Waals surface area contributed by atoms with E-state index >= 15 is 0 Å². The van der Waals surface area contributed by atoms with Gasteiger partial charge in [-0.2, -0.15) is 5.10 Å². The van der Waals surface area contributed by atoms with Gasteiger partial charge >= 0.3 is 0 Å². The third-order valence-corrected chi connectivity index (χ3v) is 5.71. The minimum absolute atomic E-state index is 0.388. The monoisotopic (exact) mass is 475 g/mol. The van der Waals surface area contributed by atoms with Gasteiger partial charge in [0.25, 0.3) is 0 Å². The van der Waals surface area contributed by atoms with Crippen molar-refractivity contribution in [2.75, 3.05) is 12.4 Å². The van der Waals surface area contributed by atoms with Gasteiger partial charge in [-0.25, -0.2) is 0 Å². The van der Waals surface area contributed by atoms with Crippen molar-refractivity contribution in [2.45, 2.75) is 39.4 Å². The lowest BCUT2D eigenvalue weighted by Gasteiger charge is -2.33. The maximum atomic E-state index is 6.19. The fourth-order valence-electron chi connectivity index (χ4n) is 3.76. The first-order valence-corrected chi connectivity index (χ1v) is 11.5. The average molecular weight is 476 g/mol. The Kier molecular flexibility index (Phi) is 7.03. The zero-order chi connectivity index (χ0) is 24.1. The molecule has 0 aliphatic carbocycles. The first-order chi connectivity index (χ1) is 16.3. The first kappa shape index (κ1) is 23.6. The van der Waals surface area contributed by atoms with Crippen molar-refractivity contribution >= 4 is 28.7 Å². The van der Waals surface area contributed by atoms with E-state index in [4.69, 9.17) is 26.4 Å². The Balaban J connectivity index is 1.51. The maximum absolute atomic E-state index is 6.19. The van der Waals surface area contributed by atoms with E-state index in [2.05, 4.69) is 34.9 Å². The van der Waals surface area contributed by atoms with E-state index in [9.17, 15) is 0 Å².